The lowest BCUT2D eigenvalue weighted by Gasteiger charge is -1.93. The topological polar surface area (TPSA) is 30.2 Å². The quantitative estimate of drug-likeness (QED) is 0.725. The predicted octanol–water partition coefficient (Wildman–Crippen LogP) is 3.50. The van der Waals surface area contributed by atoms with Gasteiger partial charge in [-0.2, -0.15) is 0 Å². The molecule has 0 saturated heterocycles. The Morgan fingerprint density at radius 1 is 1.27 bits per heavy atom. The number of carbonyl (C=O) groups excluding carboxylic acids is 1. The normalized spacial score (nSPS) is 10.6. The van der Waals surface area contributed by atoms with E-state index in [0.717, 1.165) is 16.2 Å². The van der Waals surface area contributed by atoms with E-state index in [1.54, 1.807) is 6.07 Å². The summed E-state index contributed by atoms with van der Waals surface area (Å²) in [5, 5.41) is 1.98. The summed E-state index contributed by atoms with van der Waals surface area (Å²) < 4.78 is 5.35. The molecule has 78 valence electrons. The summed E-state index contributed by atoms with van der Waals surface area (Å²) >= 11 is 1.48. The Morgan fingerprint density at radius 2 is 2.00 bits per heavy atom. The molecule has 0 radical (unpaired) electrons. The average Bonchev–Trinajstić information content (AvgIpc) is 2.71. The minimum Gasteiger partial charge on any atom is -0.466 e. The van der Waals surface area contributed by atoms with Crippen molar-refractivity contribution in [3.63, 3.8) is 0 Å². The van der Waals surface area contributed by atoms with Crippen molar-refractivity contribution in [2.24, 2.45) is 0 Å². The van der Waals surface area contributed by atoms with Gasteiger partial charge in [-0.3, -0.25) is 4.79 Å². The molecule has 0 bridgehead atoms. The fourth-order valence-electron chi connectivity index (χ4n) is 1.54. The van der Waals surface area contributed by atoms with Crippen LogP contribution in [0.25, 0.3) is 0 Å². The molecular formula is C12H12O2S. The van der Waals surface area contributed by atoms with Crippen molar-refractivity contribution >= 4 is 17.1 Å². The smallest absolute Gasteiger partial charge is 0.206 e. The fraction of sp³-hybridized carbons (Fsp3) is 0.250. The number of rotatable bonds is 2. The molecule has 0 saturated carbocycles. The maximum Gasteiger partial charge on any atom is 0.206 e. The zero-order chi connectivity index (χ0) is 11.0. The van der Waals surface area contributed by atoms with Crippen LogP contribution in [0.1, 0.15) is 32.3 Å². The fourth-order valence-corrected chi connectivity index (χ4v) is 2.39. The number of furan rings is 1. The lowest BCUT2D eigenvalue weighted by atomic mass is 10.1. The molecule has 0 aliphatic rings. The Hall–Kier alpha value is -1.35. The lowest BCUT2D eigenvalue weighted by Crippen LogP contribution is -1.98. The molecule has 0 aliphatic carbocycles. The number of aryl methyl sites for hydroxylation is 3. The summed E-state index contributed by atoms with van der Waals surface area (Å²) in [5.41, 5.74) is 1.80. The van der Waals surface area contributed by atoms with E-state index in [1.165, 1.54) is 11.3 Å². The maximum atomic E-state index is 12.0. The highest BCUT2D eigenvalue weighted by molar-refractivity contribution is 7.12. The molecule has 0 N–H and O–H groups in total. The first kappa shape index (κ1) is 10.2. The molecule has 0 atom stereocenters. The van der Waals surface area contributed by atoms with Crippen LogP contribution in [0, 0.1) is 20.8 Å². The van der Waals surface area contributed by atoms with E-state index in [2.05, 4.69) is 0 Å². The van der Waals surface area contributed by atoms with Crippen LogP contribution >= 0.6 is 11.3 Å². The van der Waals surface area contributed by atoms with E-state index >= 15 is 0 Å². The maximum absolute atomic E-state index is 12.0. The van der Waals surface area contributed by atoms with Crippen LogP contribution in [0.2, 0.25) is 0 Å². The number of ketones is 1. The number of hydrogen-bond acceptors (Lipinski definition) is 3. The Labute approximate surface area is 92.5 Å². The zero-order valence-corrected chi connectivity index (χ0v) is 9.77. The monoisotopic (exact) mass is 220 g/mol. The van der Waals surface area contributed by atoms with Crippen LogP contribution in [0.3, 0.4) is 0 Å². The summed E-state index contributed by atoms with van der Waals surface area (Å²) in [7, 11) is 0. The van der Waals surface area contributed by atoms with Crippen LogP contribution in [0.5, 0.6) is 0 Å². The van der Waals surface area contributed by atoms with E-state index in [0.29, 0.717) is 11.3 Å². The molecule has 0 aliphatic heterocycles. The average molecular weight is 220 g/mol. The third kappa shape index (κ3) is 1.88. The second kappa shape index (κ2) is 3.66. The second-order valence-electron chi connectivity index (χ2n) is 3.64. The van der Waals surface area contributed by atoms with E-state index in [9.17, 15) is 4.79 Å². The van der Waals surface area contributed by atoms with Gasteiger partial charge in [0, 0.05) is 0 Å². The van der Waals surface area contributed by atoms with Gasteiger partial charge in [-0.25, -0.2) is 0 Å². The molecule has 2 aromatic heterocycles. The van der Waals surface area contributed by atoms with Crippen molar-refractivity contribution in [3.05, 3.63) is 45.0 Å². The van der Waals surface area contributed by atoms with E-state index in [-0.39, 0.29) is 5.78 Å². The minimum atomic E-state index is 0.0578. The SMILES string of the molecule is Cc1csc(C(=O)c2cc(C)oc2C)c1. The first-order valence-corrected chi connectivity index (χ1v) is 5.63. The summed E-state index contributed by atoms with van der Waals surface area (Å²) in [6.07, 6.45) is 0. The summed E-state index contributed by atoms with van der Waals surface area (Å²) in [4.78, 5) is 12.8. The van der Waals surface area contributed by atoms with Gasteiger partial charge >= 0.3 is 0 Å². The highest BCUT2D eigenvalue weighted by Gasteiger charge is 2.16. The van der Waals surface area contributed by atoms with Crippen molar-refractivity contribution in [1.82, 2.24) is 0 Å². The summed E-state index contributed by atoms with van der Waals surface area (Å²) in [6, 6.07) is 3.71. The van der Waals surface area contributed by atoms with Crippen molar-refractivity contribution in [2.75, 3.05) is 0 Å². The Bertz CT molecular complexity index is 505. The molecule has 0 amide bonds. The summed E-state index contributed by atoms with van der Waals surface area (Å²) in [5.74, 6) is 1.54. The largest absolute Gasteiger partial charge is 0.466 e. The van der Waals surface area contributed by atoms with Crippen molar-refractivity contribution in [3.8, 4) is 0 Å². The number of thiophene rings is 1. The molecule has 15 heavy (non-hydrogen) atoms. The molecule has 0 aromatic carbocycles. The van der Waals surface area contributed by atoms with Gasteiger partial charge < -0.3 is 4.42 Å². The van der Waals surface area contributed by atoms with Gasteiger partial charge in [0.1, 0.15) is 11.5 Å². The first-order chi connectivity index (χ1) is 7.08. The van der Waals surface area contributed by atoms with Crippen molar-refractivity contribution in [1.29, 1.82) is 0 Å². The standard InChI is InChI=1S/C12H12O2S/c1-7-4-11(15-6-7)12(13)10-5-8(2)14-9(10)3/h4-6H,1-3H3. The van der Waals surface area contributed by atoms with Gasteiger partial charge in [-0.15, -0.1) is 11.3 Å². The molecular weight excluding hydrogens is 208 g/mol. The highest BCUT2D eigenvalue weighted by Crippen LogP contribution is 2.22. The van der Waals surface area contributed by atoms with Crippen LogP contribution in [-0.4, -0.2) is 5.78 Å². The predicted molar refractivity (Wildman–Crippen MR) is 60.7 cm³/mol. The second-order valence-corrected chi connectivity index (χ2v) is 4.56. The van der Waals surface area contributed by atoms with Crippen LogP contribution in [0.4, 0.5) is 0 Å². The van der Waals surface area contributed by atoms with Gasteiger partial charge in [-0.05, 0) is 43.8 Å². The number of carbonyl (C=O) groups is 1. The zero-order valence-electron chi connectivity index (χ0n) is 8.96. The van der Waals surface area contributed by atoms with E-state index < -0.39 is 0 Å². The van der Waals surface area contributed by atoms with Gasteiger partial charge in [0.2, 0.25) is 5.78 Å². The molecule has 2 rings (SSSR count). The number of hydrogen-bond donors (Lipinski definition) is 0. The molecule has 0 spiro atoms. The molecule has 2 heterocycles. The molecule has 0 fully saturated rings. The van der Waals surface area contributed by atoms with Crippen LogP contribution < -0.4 is 0 Å². The van der Waals surface area contributed by atoms with E-state index in [1.807, 2.05) is 32.2 Å². The molecule has 0 unspecified atom stereocenters. The third-order valence-corrected chi connectivity index (χ3v) is 3.29. The summed E-state index contributed by atoms with van der Waals surface area (Å²) in [6.45, 7) is 5.66. The van der Waals surface area contributed by atoms with Gasteiger partial charge in [-0.1, -0.05) is 0 Å². The van der Waals surface area contributed by atoms with Crippen molar-refractivity contribution in [2.45, 2.75) is 20.8 Å². The van der Waals surface area contributed by atoms with Gasteiger partial charge in [0.25, 0.3) is 0 Å². The molecule has 2 aromatic rings. The Kier molecular flexibility index (Phi) is 2.49. The van der Waals surface area contributed by atoms with Gasteiger partial charge in [0.05, 0.1) is 10.4 Å². The first-order valence-electron chi connectivity index (χ1n) is 4.75. The Balaban J connectivity index is 2.40. The van der Waals surface area contributed by atoms with Crippen LogP contribution in [0.15, 0.2) is 21.9 Å². The minimum absolute atomic E-state index is 0.0578. The highest BCUT2D eigenvalue weighted by atomic mass is 32.1. The van der Waals surface area contributed by atoms with Gasteiger partial charge in [0.15, 0.2) is 0 Å². The third-order valence-electron chi connectivity index (χ3n) is 2.24. The van der Waals surface area contributed by atoms with Crippen molar-refractivity contribution < 1.29 is 9.21 Å². The van der Waals surface area contributed by atoms with Crippen LogP contribution in [-0.2, 0) is 0 Å². The molecule has 3 heteroatoms. The molecule has 2 nitrogen and oxygen atoms in total. The Morgan fingerprint density at radius 3 is 2.47 bits per heavy atom. The lowest BCUT2D eigenvalue weighted by molar-refractivity contribution is 0.104. The van der Waals surface area contributed by atoms with E-state index in [4.69, 9.17) is 4.42 Å².